The minimum Gasteiger partial charge on any atom is -0.450 e. The lowest BCUT2D eigenvalue weighted by molar-refractivity contribution is 0.00358. The lowest BCUT2D eigenvalue weighted by Crippen LogP contribution is -2.51. The molecule has 1 rings (SSSR count). The van der Waals surface area contributed by atoms with Crippen LogP contribution in [0.3, 0.4) is 0 Å². The lowest BCUT2D eigenvalue weighted by Gasteiger charge is -2.37. The van der Waals surface area contributed by atoms with Gasteiger partial charge in [0.15, 0.2) is 0 Å². The zero-order valence-electron chi connectivity index (χ0n) is 18.6. The minimum atomic E-state index is -1.23. The molecule has 0 aromatic heterocycles. The molecule has 0 aromatic carbocycles. The van der Waals surface area contributed by atoms with Crippen LogP contribution in [0.4, 0.5) is 9.59 Å². The van der Waals surface area contributed by atoms with Gasteiger partial charge in [0.2, 0.25) is 0 Å². The van der Waals surface area contributed by atoms with Crippen molar-refractivity contribution in [3.8, 4) is 0 Å². The molecule has 0 spiro atoms. The second-order valence-electron chi connectivity index (χ2n) is 9.98. The highest BCUT2D eigenvalue weighted by molar-refractivity contribution is 6.76. The number of hydrogen-bond acceptors (Lipinski definition) is 4. The van der Waals surface area contributed by atoms with E-state index in [-0.39, 0.29) is 24.3 Å². The summed E-state index contributed by atoms with van der Waals surface area (Å²) in [6.45, 7) is 15.3. The van der Waals surface area contributed by atoms with Crippen LogP contribution in [0.15, 0.2) is 0 Å². The van der Waals surface area contributed by atoms with Gasteiger partial charge in [-0.1, -0.05) is 32.5 Å². The van der Waals surface area contributed by atoms with Gasteiger partial charge in [-0.25, -0.2) is 9.59 Å². The van der Waals surface area contributed by atoms with Crippen molar-refractivity contribution in [1.29, 1.82) is 0 Å². The Morgan fingerprint density at radius 3 is 2.15 bits per heavy atom. The molecule has 0 radical (unpaired) electrons. The Kier molecular flexibility index (Phi) is 8.64. The fraction of sp³-hybridized carbons (Fsp3) is 0.900. The van der Waals surface area contributed by atoms with E-state index in [1.54, 1.807) is 11.9 Å². The van der Waals surface area contributed by atoms with E-state index < -0.39 is 13.7 Å². The number of hydrogen-bond donors (Lipinski definition) is 0. The number of rotatable bonds is 7. The molecule has 0 aromatic rings. The van der Waals surface area contributed by atoms with Crippen LogP contribution in [-0.2, 0) is 9.47 Å². The van der Waals surface area contributed by atoms with Gasteiger partial charge in [0, 0.05) is 27.7 Å². The maximum atomic E-state index is 12.8. The monoisotopic (exact) mass is 400 g/mol. The number of nitrogens with zero attached hydrogens (tertiary/aromatic N) is 2. The molecule has 0 saturated heterocycles. The Morgan fingerprint density at radius 2 is 1.67 bits per heavy atom. The van der Waals surface area contributed by atoms with Crippen LogP contribution in [0.25, 0.3) is 0 Å². The molecule has 0 N–H and O–H groups in total. The molecule has 0 unspecified atom stereocenters. The van der Waals surface area contributed by atoms with Crippen molar-refractivity contribution >= 4 is 20.3 Å². The SMILES string of the molecule is C[C@@H](CN(C)C(=O)OCC[Si](C)(C)C)N(C(=O)OC(C)(C)C)C1CCCC1. The van der Waals surface area contributed by atoms with Gasteiger partial charge >= 0.3 is 12.2 Å². The van der Waals surface area contributed by atoms with Gasteiger partial charge in [-0.15, -0.1) is 0 Å². The topological polar surface area (TPSA) is 59.1 Å². The summed E-state index contributed by atoms with van der Waals surface area (Å²) in [5.41, 5.74) is -0.532. The molecule has 0 heterocycles. The van der Waals surface area contributed by atoms with Gasteiger partial charge in [0.05, 0.1) is 12.6 Å². The highest BCUT2D eigenvalue weighted by Gasteiger charge is 2.34. The molecule has 1 saturated carbocycles. The molecule has 0 aliphatic heterocycles. The van der Waals surface area contributed by atoms with Gasteiger partial charge in [0.1, 0.15) is 5.60 Å². The Morgan fingerprint density at radius 1 is 1.11 bits per heavy atom. The predicted octanol–water partition coefficient (Wildman–Crippen LogP) is 4.96. The molecule has 158 valence electrons. The smallest absolute Gasteiger partial charge is 0.410 e. The van der Waals surface area contributed by atoms with E-state index in [2.05, 4.69) is 19.6 Å². The van der Waals surface area contributed by atoms with Crippen LogP contribution in [0.2, 0.25) is 25.7 Å². The molecule has 2 amide bonds. The molecule has 1 aliphatic rings. The van der Waals surface area contributed by atoms with Crippen molar-refractivity contribution in [3.05, 3.63) is 0 Å². The summed E-state index contributed by atoms with van der Waals surface area (Å²) >= 11 is 0. The molecule has 7 heteroatoms. The van der Waals surface area contributed by atoms with E-state index in [1.165, 1.54) is 0 Å². The molecule has 1 aliphatic carbocycles. The fourth-order valence-corrected chi connectivity index (χ4v) is 4.01. The van der Waals surface area contributed by atoms with E-state index in [0.29, 0.717) is 13.2 Å². The van der Waals surface area contributed by atoms with Crippen LogP contribution in [-0.4, -0.2) is 67.9 Å². The summed E-state index contributed by atoms with van der Waals surface area (Å²) in [6, 6.07) is 1.01. The molecule has 1 atom stereocenters. The van der Waals surface area contributed by atoms with Crippen LogP contribution >= 0.6 is 0 Å². The van der Waals surface area contributed by atoms with Gasteiger partial charge in [-0.05, 0) is 46.6 Å². The Bertz CT molecular complexity index is 493. The molecule has 1 fully saturated rings. The first-order valence-corrected chi connectivity index (χ1v) is 13.9. The largest absolute Gasteiger partial charge is 0.450 e. The van der Waals surface area contributed by atoms with Crippen LogP contribution < -0.4 is 0 Å². The zero-order chi connectivity index (χ0) is 20.8. The number of ether oxygens (including phenoxy) is 2. The number of amides is 2. The average Bonchev–Trinajstić information content (AvgIpc) is 2.97. The van der Waals surface area contributed by atoms with E-state index in [9.17, 15) is 9.59 Å². The van der Waals surface area contributed by atoms with Gasteiger partial charge in [-0.2, -0.15) is 0 Å². The first-order valence-electron chi connectivity index (χ1n) is 10.2. The Balaban J connectivity index is 2.67. The van der Waals surface area contributed by atoms with Crippen molar-refractivity contribution in [1.82, 2.24) is 9.80 Å². The third kappa shape index (κ3) is 8.99. The molecular weight excluding hydrogens is 360 g/mol. The van der Waals surface area contributed by atoms with Crippen molar-refractivity contribution < 1.29 is 19.1 Å². The average molecular weight is 401 g/mol. The number of carbonyl (C=O) groups is 2. The van der Waals surface area contributed by atoms with E-state index in [0.717, 1.165) is 31.7 Å². The van der Waals surface area contributed by atoms with E-state index in [1.807, 2.05) is 32.6 Å². The summed E-state index contributed by atoms with van der Waals surface area (Å²) < 4.78 is 11.0. The highest BCUT2D eigenvalue weighted by atomic mass is 28.3. The lowest BCUT2D eigenvalue weighted by atomic mass is 10.1. The van der Waals surface area contributed by atoms with Crippen LogP contribution in [0.1, 0.15) is 53.4 Å². The van der Waals surface area contributed by atoms with Crippen molar-refractivity contribution in [2.45, 2.75) is 96.7 Å². The van der Waals surface area contributed by atoms with Gasteiger partial charge in [0.25, 0.3) is 0 Å². The zero-order valence-corrected chi connectivity index (χ0v) is 19.6. The summed E-state index contributed by atoms with van der Waals surface area (Å²) in [7, 11) is 0.502. The summed E-state index contributed by atoms with van der Waals surface area (Å²) in [5.74, 6) is 0. The third-order valence-corrected chi connectivity index (χ3v) is 6.43. The van der Waals surface area contributed by atoms with Crippen LogP contribution in [0, 0.1) is 0 Å². The summed E-state index contributed by atoms with van der Waals surface area (Å²) in [6.07, 6.45) is 3.64. The number of carbonyl (C=O) groups excluding carboxylic acids is 2. The van der Waals surface area contributed by atoms with E-state index in [4.69, 9.17) is 9.47 Å². The standard InChI is InChI=1S/C20H40N2O4Si/c1-16(15-21(5)18(23)25-13-14-27(6,7)8)22(17-11-9-10-12-17)19(24)26-20(2,3)4/h16-17H,9-15H2,1-8H3/t16-/m0/s1. The maximum Gasteiger partial charge on any atom is 0.410 e. The van der Waals surface area contributed by atoms with Crippen molar-refractivity contribution in [3.63, 3.8) is 0 Å². The second kappa shape index (κ2) is 9.80. The van der Waals surface area contributed by atoms with Crippen molar-refractivity contribution in [2.75, 3.05) is 20.2 Å². The van der Waals surface area contributed by atoms with Crippen molar-refractivity contribution in [2.24, 2.45) is 0 Å². The maximum absolute atomic E-state index is 12.8. The quantitative estimate of drug-likeness (QED) is 0.567. The molecule has 6 nitrogen and oxygen atoms in total. The number of likely N-dealkylation sites (N-methyl/N-ethyl adjacent to an activating group) is 1. The first kappa shape index (κ1) is 23.8. The van der Waals surface area contributed by atoms with Crippen LogP contribution in [0.5, 0.6) is 0 Å². The summed E-state index contributed by atoms with van der Waals surface area (Å²) in [4.78, 5) is 28.5. The van der Waals surface area contributed by atoms with Gasteiger partial charge in [-0.3, -0.25) is 0 Å². The fourth-order valence-electron chi connectivity index (χ4n) is 3.30. The Hall–Kier alpha value is -1.24. The molecule has 27 heavy (non-hydrogen) atoms. The summed E-state index contributed by atoms with van der Waals surface area (Å²) in [5, 5.41) is 0. The third-order valence-electron chi connectivity index (χ3n) is 4.72. The second-order valence-corrected chi connectivity index (χ2v) is 15.6. The minimum absolute atomic E-state index is 0.127. The Labute approximate surface area is 166 Å². The molecular formula is C20H40N2O4Si. The normalized spacial score (nSPS) is 16.7. The van der Waals surface area contributed by atoms with E-state index >= 15 is 0 Å². The van der Waals surface area contributed by atoms with Gasteiger partial charge < -0.3 is 19.3 Å². The predicted molar refractivity (Wildman–Crippen MR) is 112 cm³/mol. The molecule has 0 bridgehead atoms. The first-order chi connectivity index (χ1) is 12.3. The highest BCUT2D eigenvalue weighted by Crippen LogP contribution is 2.27.